The highest BCUT2D eigenvalue weighted by molar-refractivity contribution is 7.13. The van der Waals surface area contributed by atoms with E-state index in [1.807, 2.05) is 6.07 Å². The van der Waals surface area contributed by atoms with Gasteiger partial charge in [-0.1, -0.05) is 24.3 Å². The van der Waals surface area contributed by atoms with Crippen LogP contribution in [0.1, 0.15) is 21.6 Å². The highest BCUT2D eigenvalue weighted by atomic mass is 32.1. The summed E-state index contributed by atoms with van der Waals surface area (Å²) in [4.78, 5) is 16.7. The Labute approximate surface area is 186 Å². The molecule has 0 radical (unpaired) electrons. The Kier molecular flexibility index (Phi) is 6.51. The topological polar surface area (TPSA) is 51.2 Å². The first-order valence-corrected chi connectivity index (χ1v) is 10.5. The second-order valence-corrected chi connectivity index (χ2v) is 7.76. The number of carbonyl (C=O) groups is 1. The summed E-state index contributed by atoms with van der Waals surface area (Å²) in [7, 11) is 0. The SMILES string of the molecule is O=C(NCc1cccc(F)c1)c1csc(-c2cccc(OCc3cc(F)ccc3F)c2)n1. The number of aromatic nitrogens is 1. The van der Waals surface area contributed by atoms with Crippen LogP contribution in [0.4, 0.5) is 13.2 Å². The first-order chi connectivity index (χ1) is 15.5. The molecule has 0 saturated heterocycles. The zero-order valence-electron chi connectivity index (χ0n) is 16.6. The molecule has 4 nitrogen and oxygen atoms in total. The molecule has 0 aliphatic rings. The van der Waals surface area contributed by atoms with Crippen LogP contribution in [0.2, 0.25) is 0 Å². The molecule has 0 bridgehead atoms. The number of halogens is 3. The maximum atomic E-state index is 13.8. The predicted molar refractivity (Wildman–Crippen MR) is 116 cm³/mol. The molecule has 1 aromatic heterocycles. The number of thiazole rings is 1. The molecule has 0 aliphatic heterocycles. The molecule has 0 unspecified atom stereocenters. The van der Waals surface area contributed by atoms with Crippen LogP contribution < -0.4 is 10.1 Å². The van der Waals surface area contributed by atoms with Crippen LogP contribution in [0.3, 0.4) is 0 Å². The van der Waals surface area contributed by atoms with Crippen molar-refractivity contribution in [3.05, 3.63) is 106 Å². The summed E-state index contributed by atoms with van der Waals surface area (Å²) in [5, 5.41) is 4.95. The Bertz CT molecular complexity index is 1260. The van der Waals surface area contributed by atoms with Crippen LogP contribution in [-0.2, 0) is 13.2 Å². The van der Waals surface area contributed by atoms with Crippen LogP contribution >= 0.6 is 11.3 Å². The van der Waals surface area contributed by atoms with Gasteiger partial charge in [-0.3, -0.25) is 4.79 Å². The normalized spacial score (nSPS) is 10.7. The van der Waals surface area contributed by atoms with Crippen LogP contribution in [0.25, 0.3) is 10.6 Å². The number of carbonyl (C=O) groups excluding carboxylic acids is 1. The van der Waals surface area contributed by atoms with E-state index in [1.54, 1.807) is 35.7 Å². The summed E-state index contributed by atoms with van der Waals surface area (Å²) in [6, 6.07) is 16.2. The number of hydrogen-bond acceptors (Lipinski definition) is 4. The van der Waals surface area contributed by atoms with Gasteiger partial charge in [0.1, 0.15) is 40.5 Å². The molecular formula is C24H17F3N2O2S. The zero-order chi connectivity index (χ0) is 22.5. The summed E-state index contributed by atoms with van der Waals surface area (Å²) in [6.45, 7) is 0.0576. The van der Waals surface area contributed by atoms with Gasteiger partial charge in [0.2, 0.25) is 0 Å². The van der Waals surface area contributed by atoms with Crippen molar-refractivity contribution >= 4 is 17.2 Å². The van der Waals surface area contributed by atoms with Gasteiger partial charge in [0.05, 0.1) is 0 Å². The highest BCUT2D eigenvalue weighted by Crippen LogP contribution is 2.27. The molecule has 32 heavy (non-hydrogen) atoms. The molecule has 3 aromatic carbocycles. The third-order valence-corrected chi connectivity index (χ3v) is 5.45. The van der Waals surface area contributed by atoms with Crippen molar-refractivity contribution in [1.29, 1.82) is 0 Å². The zero-order valence-corrected chi connectivity index (χ0v) is 17.5. The van der Waals surface area contributed by atoms with E-state index in [-0.39, 0.29) is 36.1 Å². The lowest BCUT2D eigenvalue weighted by molar-refractivity contribution is 0.0946. The fourth-order valence-corrected chi connectivity index (χ4v) is 3.76. The van der Waals surface area contributed by atoms with Gasteiger partial charge in [0, 0.05) is 23.1 Å². The van der Waals surface area contributed by atoms with Crippen molar-refractivity contribution in [2.45, 2.75) is 13.2 Å². The minimum absolute atomic E-state index is 0.113. The molecule has 0 saturated carbocycles. The van der Waals surface area contributed by atoms with Crippen molar-refractivity contribution in [3.63, 3.8) is 0 Å². The largest absolute Gasteiger partial charge is 0.489 e. The van der Waals surface area contributed by atoms with E-state index in [9.17, 15) is 18.0 Å². The minimum Gasteiger partial charge on any atom is -0.489 e. The molecule has 162 valence electrons. The summed E-state index contributed by atoms with van der Waals surface area (Å²) >= 11 is 1.29. The standard InChI is InChI=1S/C24H17F3N2O2S/c25-18-5-1-3-15(9-18)12-28-23(30)22-14-32-24(29-22)16-4-2-6-20(11-16)31-13-17-10-19(26)7-8-21(17)27/h1-11,14H,12-13H2,(H,28,30). The average Bonchev–Trinajstić information content (AvgIpc) is 3.29. The van der Waals surface area contributed by atoms with Gasteiger partial charge in [0.25, 0.3) is 5.91 Å². The van der Waals surface area contributed by atoms with Crippen molar-refractivity contribution < 1.29 is 22.7 Å². The minimum atomic E-state index is -0.545. The highest BCUT2D eigenvalue weighted by Gasteiger charge is 2.13. The van der Waals surface area contributed by atoms with Crippen LogP contribution in [0.5, 0.6) is 5.75 Å². The summed E-state index contributed by atoms with van der Waals surface area (Å²) in [5.41, 5.74) is 1.72. The van der Waals surface area contributed by atoms with Gasteiger partial charge < -0.3 is 10.1 Å². The molecule has 0 spiro atoms. The van der Waals surface area contributed by atoms with Gasteiger partial charge in [-0.25, -0.2) is 18.2 Å². The molecule has 4 aromatic rings. The maximum Gasteiger partial charge on any atom is 0.271 e. The lowest BCUT2D eigenvalue weighted by atomic mass is 10.2. The molecule has 0 atom stereocenters. The molecule has 1 amide bonds. The van der Waals surface area contributed by atoms with E-state index in [2.05, 4.69) is 10.3 Å². The Balaban J connectivity index is 1.41. The van der Waals surface area contributed by atoms with Crippen molar-refractivity contribution in [3.8, 4) is 16.3 Å². The van der Waals surface area contributed by atoms with Gasteiger partial charge in [-0.2, -0.15) is 0 Å². The third kappa shape index (κ3) is 5.33. The lowest BCUT2D eigenvalue weighted by Gasteiger charge is -2.08. The van der Waals surface area contributed by atoms with E-state index in [4.69, 9.17) is 4.74 Å². The average molecular weight is 454 g/mol. The van der Waals surface area contributed by atoms with E-state index < -0.39 is 11.6 Å². The molecular weight excluding hydrogens is 437 g/mol. The molecule has 0 fully saturated rings. The summed E-state index contributed by atoms with van der Waals surface area (Å²) in [6.07, 6.45) is 0. The van der Waals surface area contributed by atoms with E-state index in [0.717, 1.165) is 23.8 Å². The van der Waals surface area contributed by atoms with Crippen molar-refractivity contribution in [1.82, 2.24) is 10.3 Å². The van der Waals surface area contributed by atoms with Gasteiger partial charge >= 0.3 is 0 Å². The number of hydrogen-bond donors (Lipinski definition) is 1. The number of nitrogens with one attached hydrogen (secondary N) is 1. The van der Waals surface area contributed by atoms with Gasteiger partial charge in [-0.15, -0.1) is 11.3 Å². The van der Waals surface area contributed by atoms with E-state index in [0.29, 0.717) is 16.3 Å². The van der Waals surface area contributed by atoms with Crippen LogP contribution in [-0.4, -0.2) is 10.9 Å². The van der Waals surface area contributed by atoms with Crippen LogP contribution in [0, 0.1) is 17.5 Å². The number of amides is 1. The number of rotatable bonds is 7. The number of nitrogens with zero attached hydrogens (tertiary/aromatic N) is 1. The molecule has 1 N–H and O–H groups in total. The lowest BCUT2D eigenvalue weighted by Crippen LogP contribution is -2.23. The Hall–Kier alpha value is -3.65. The van der Waals surface area contributed by atoms with Crippen LogP contribution in [0.15, 0.2) is 72.1 Å². The van der Waals surface area contributed by atoms with E-state index >= 15 is 0 Å². The molecule has 1 heterocycles. The summed E-state index contributed by atoms with van der Waals surface area (Å²) in [5.74, 6) is -1.36. The Morgan fingerprint density at radius 1 is 0.969 bits per heavy atom. The fraction of sp³-hybridized carbons (Fsp3) is 0.0833. The second kappa shape index (κ2) is 9.65. The molecule has 4 rings (SSSR count). The van der Waals surface area contributed by atoms with E-state index in [1.165, 1.54) is 23.5 Å². The monoisotopic (exact) mass is 454 g/mol. The maximum absolute atomic E-state index is 13.8. The fourth-order valence-electron chi connectivity index (χ4n) is 2.96. The smallest absolute Gasteiger partial charge is 0.271 e. The number of benzene rings is 3. The Morgan fingerprint density at radius 3 is 2.62 bits per heavy atom. The Morgan fingerprint density at radius 2 is 1.78 bits per heavy atom. The van der Waals surface area contributed by atoms with Gasteiger partial charge in [0.15, 0.2) is 0 Å². The summed E-state index contributed by atoms with van der Waals surface area (Å²) < 4.78 is 46.0. The molecule has 8 heteroatoms. The quantitative estimate of drug-likeness (QED) is 0.388. The number of ether oxygens (including phenoxy) is 1. The third-order valence-electron chi connectivity index (χ3n) is 4.56. The predicted octanol–water partition coefficient (Wildman–Crippen LogP) is 5.74. The molecule has 0 aliphatic carbocycles. The van der Waals surface area contributed by atoms with Gasteiger partial charge in [-0.05, 0) is 48.0 Å². The first kappa shape index (κ1) is 21.6. The van der Waals surface area contributed by atoms with Crippen molar-refractivity contribution in [2.24, 2.45) is 0 Å². The first-order valence-electron chi connectivity index (χ1n) is 9.63. The van der Waals surface area contributed by atoms with Crippen molar-refractivity contribution in [2.75, 3.05) is 0 Å². The second-order valence-electron chi connectivity index (χ2n) is 6.90.